The summed E-state index contributed by atoms with van der Waals surface area (Å²) in [5, 5.41) is 0. The molecule has 0 amide bonds. The first-order valence-electron chi connectivity index (χ1n) is 10.0. The molecule has 1 saturated heterocycles. The molecule has 0 aliphatic carbocycles. The number of aromatic nitrogens is 2. The van der Waals surface area contributed by atoms with Gasteiger partial charge in [0.15, 0.2) is 5.75 Å². The summed E-state index contributed by atoms with van der Waals surface area (Å²) < 4.78 is 21.8. The van der Waals surface area contributed by atoms with Crippen LogP contribution in [0.4, 0.5) is 0 Å². The first kappa shape index (κ1) is 20.2. The molecule has 4 rings (SSSR count). The van der Waals surface area contributed by atoms with Gasteiger partial charge in [-0.2, -0.15) is 0 Å². The SMILES string of the molecule is COc1ccc(Cc2ncc(OCC3COC3)c(Cc3ccc(OC)cc3)n2)cc1. The van der Waals surface area contributed by atoms with Crippen LogP contribution in [0.15, 0.2) is 54.7 Å². The average molecular weight is 406 g/mol. The van der Waals surface area contributed by atoms with Gasteiger partial charge in [-0.1, -0.05) is 24.3 Å². The zero-order valence-corrected chi connectivity index (χ0v) is 17.3. The lowest BCUT2D eigenvalue weighted by Gasteiger charge is -2.26. The van der Waals surface area contributed by atoms with Gasteiger partial charge in [0.2, 0.25) is 0 Å². The van der Waals surface area contributed by atoms with Crippen molar-refractivity contribution in [3.63, 3.8) is 0 Å². The summed E-state index contributed by atoms with van der Waals surface area (Å²) in [6.07, 6.45) is 3.11. The minimum Gasteiger partial charge on any atom is -0.497 e. The third kappa shape index (κ3) is 5.07. The second kappa shape index (κ2) is 9.59. The molecule has 0 radical (unpaired) electrons. The van der Waals surface area contributed by atoms with E-state index in [0.29, 0.717) is 25.4 Å². The van der Waals surface area contributed by atoms with Crippen LogP contribution in [-0.2, 0) is 17.6 Å². The molecule has 1 aromatic heterocycles. The lowest BCUT2D eigenvalue weighted by Crippen LogP contribution is -2.32. The van der Waals surface area contributed by atoms with Crippen molar-refractivity contribution >= 4 is 0 Å². The van der Waals surface area contributed by atoms with E-state index in [1.165, 1.54) is 0 Å². The molecule has 0 N–H and O–H groups in total. The summed E-state index contributed by atoms with van der Waals surface area (Å²) in [5.74, 6) is 3.61. The van der Waals surface area contributed by atoms with Gasteiger partial charge in [-0.05, 0) is 35.4 Å². The topological polar surface area (TPSA) is 62.7 Å². The lowest BCUT2D eigenvalue weighted by atomic mass is 10.1. The lowest BCUT2D eigenvalue weighted by molar-refractivity contribution is -0.0510. The predicted molar refractivity (Wildman–Crippen MR) is 113 cm³/mol. The molecular formula is C24H26N2O4. The first-order chi connectivity index (χ1) is 14.7. The maximum Gasteiger partial charge on any atom is 0.159 e. The Labute approximate surface area is 176 Å². The van der Waals surface area contributed by atoms with Gasteiger partial charge in [-0.15, -0.1) is 0 Å². The molecule has 2 aromatic carbocycles. The van der Waals surface area contributed by atoms with Crippen molar-refractivity contribution in [1.82, 2.24) is 9.97 Å². The van der Waals surface area contributed by atoms with E-state index < -0.39 is 0 Å². The highest BCUT2D eigenvalue weighted by Gasteiger charge is 2.20. The Hall–Kier alpha value is -3.12. The molecule has 0 atom stereocenters. The van der Waals surface area contributed by atoms with Crippen molar-refractivity contribution < 1.29 is 18.9 Å². The molecule has 0 saturated carbocycles. The maximum atomic E-state index is 6.05. The molecule has 156 valence electrons. The highest BCUT2D eigenvalue weighted by Crippen LogP contribution is 2.23. The Kier molecular flexibility index (Phi) is 6.44. The summed E-state index contributed by atoms with van der Waals surface area (Å²) in [4.78, 5) is 9.39. The molecule has 1 aliphatic rings. The summed E-state index contributed by atoms with van der Waals surface area (Å²) in [6.45, 7) is 2.13. The normalized spacial score (nSPS) is 13.5. The van der Waals surface area contributed by atoms with Gasteiger partial charge >= 0.3 is 0 Å². The van der Waals surface area contributed by atoms with Crippen molar-refractivity contribution in [1.29, 1.82) is 0 Å². The molecule has 0 spiro atoms. The van der Waals surface area contributed by atoms with E-state index in [0.717, 1.165) is 53.1 Å². The van der Waals surface area contributed by atoms with Gasteiger partial charge in [0.1, 0.15) is 17.3 Å². The summed E-state index contributed by atoms with van der Waals surface area (Å²) in [6, 6.07) is 16.0. The van der Waals surface area contributed by atoms with Gasteiger partial charge in [0.05, 0.1) is 45.9 Å². The molecule has 1 fully saturated rings. The number of ether oxygens (including phenoxy) is 4. The van der Waals surface area contributed by atoms with Gasteiger partial charge in [-0.25, -0.2) is 9.97 Å². The number of rotatable bonds is 9. The largest absolute Gasteiger partial charge is 0.497 e. The minimum atomic E-state index is 0.442. The fraction of sp³-hybridized carbons (Fsp3) is 0.333. The van der Waals surface area contributed by atoms with Crippen LogP contribution in [0.25, 0.3) is 0 Å². The van der Waals surface area contributed by atoms with Gasteiger partial charge in [-0.3, -0.25) is 0 Å². The van der Waals surface area contributed by atoms with E-state index in [9.17, 15) is 0 Å². The summed E-state index contributed by atoms with van der Waals surface area (Å²) >= 11 is 0. The van der Waals surface area contributed by atoms with E-state index in [4.69, 9.17) is 23.9 Å². The van der Waals surface area contributed by atoms with Gasteiger partial charge < -0.3 is 18.9 Å². The Bertz CT molecular complexity index is 954. The highest BCUT2D eigenvalue weighted by atomic mass is 16.5. The standard InChI is InChI=1S/C24H26N2O4/c1-27-20-7-3-17(4-8-20)11-22-23(30-16-19-14-29-15-19)13-25-24(26-22)12-18-5-9-21(28-2)10-6-18/h3-10,13,19H,11-12,14-16H2,1-2H3. The van der Waals surface area contributed by atoms with E-state index in [2.05, 4.69) is 4.98 Å². The fourth-order valence-corrected chi connectivity index (χ4v) is 3.23. The van der Waals surface area contributed by atoms with Crippen molar-refractivity contribution in [2.75, 3.05) is 34.0 Å². The van der Waals surface area contributed by atoms with Crippen LogP contribution in [-0.4, -0.2) is 44.0 Å². The molecule has 1 aliphatic heterocycles. The highest BCUT2D eigenvalue weighted by molar-refractivity contribution is 5.35. The van der Waals surface area contributed by atoms with Gasteiger partial charge in [0.25, 0.3) is 0 Å². The van der Waals surface area contributed by atoms with Crippen LogP contribution in [0.1, 0.15) is 22.6 Å². The number of hydrogen-bond acceptors (Lipinski definition) is 6. The third-order valence-corrected chi connectivity index (χ3v) is 5.11. The van der Waals surface area contributed by atoms with Crippen molar-refractivity contribution in [3.05, 3.63) is 77.4 Å². The number of benzene rings is 2. The smallest absolute Gasteiger partial charge is 0.159 e. The van der Waals surface area contributed by atoms with E-state index in [-0.39, 0.29) is 0 Å². The minimum absolute atomic E-state index is 0.442. The maximum absolute atomic E-state index is 6.05. The zero-order chi connectivity index (χ0) is 20.8. The van der Waals surface area contributed by atoms with Crippen LogP contribution >= 0.6 is 0 Å². The molecule has 0 bridgehead atoms. The number of methoxy groups -OCH3 is 2. The van der Waals surface area contributed by atoms with Crippen molar-refractivity contribution in [3.8, 4) is 17.2 Å². The summed E-state index contributed by atoms with van der Waals surface area (Å²) in [5.41, 5.74) is 3.16. The second-order valence-electron chi connectivity index (χ2n) is 7.36. The zero-order valence-electron chi connectivity index (χ0n) is 17.3. The third-order valence-electron chi connectivity index (χ3n) is 5.11. The van der Waals surface area contributed by atoms with E-state index >= 15 is 0 Å². The summed E-state index contributed by atoms with van der Waals surface area (Å²) in [7, 11) is 3.33. The second-order valence-corrected chi connectivity index (χ2v) is 7.36. The van der Waals surface area contributed by atoms with Crippen LogP contribution in [0.5, 0.6) is 17.2 Å². The molecule has 2 heterocycles. The molecular weight excluding hydrogens is 380 g/mol. The average Bonchev–Trinajstić information content (AvgIpc) is 2.75. The number of hydrogen-bond donors (Lipinski definition) is 0. The van der Waals surface area contributed by atoms with Crippen molar-refractivity contribution in [2.45, 2.75) is 12.8 Å². The Morgan fingerprint density at radius 2 is 1.47 bits per heavy atom. The Morgan fingerprint density at radius 3 is 2.00 bits per heavy atom. The molecule has 0 unspecified atom stereocenters. The van der Waals surface area contributed by atoms with Crippen LogP contribution in [0, 0.1) is 5.92 Å². The predicted octanol–water partition coefficient (Wildman–Crippen LogP) is 3.70. The van der Waals surface area contributed by atoms with Crippen LogP contribution < -0.4 is 14.2 Å². The van der Waals surface area contributed by atoms with Crippen LogP contribution in [0.3, 0.4) is 0 Å². The van der Waals surface area contributed by atoms with E-state index in [1.54, 1.807) is 20.4 Å². The van der Waals surface area contributed by atoms with Gasteiger partial charge in [0, 0.05) is 18.8 Å². The van der Waals surface area contributed by atoms with Crippen molar-refractivity contribution in [2.24, 2.45) is 5.92 Å². The molecule has 6 nitrogen and oxygen atoms in total. The Morgan fingerprint density at radius 1 is 0.867 bits per heavy atom. The number of nitrogens with zero attached hydrogens (tertiary/aromatic N) is 2. The molecule has 6 heteroatoms. The fourth-order valence-electron chi connectivity index (χ4n) is 3.23. The van der Waals surface area contributed by atoms with Crippen LogP contribution in [0.2, 0.25) is 0 Å². The Balaban J connectivity index is 1.54. The molecule has 30 heavy (non-hydrogen) atoms. The quantitative estimate of drug-likeness (QED) is 0.540. The monoisotopic (exact) mass is 406 g/mol. The first-order valence-corrected chi connectivity index (χ1v) is 10.0. The molecule has 3 aromatic rings. The van der Waals surface area contributed by atoms with E-state index in [1.807, 2.05) is 48.5 Å².